The molecule has 118 valence electrons. The summed E-state index contributed by atoms with van der Waals surface area (Å²) in [4.78, 5) is 32.1. The van der Waals surface area contributed by atoms with Crippen LogP contribution in [0.25, 0.3) is 11.3 Å². The van der Waals surface area contributed by atoms with Crippen molar-refractivity contribution in [2.75, 3.05) is 0 Å². The number of aromatic amines is 1. The van der Waals surface area contributed by atoms with Gasteiger partial charge in [0.15, 0.2) is 0 Å². The molecule has 0 spiro atoms. The molecule has 0 aliphatic rings. The van der Waals surface area contributed by atoms with Crippen LogP contribution in [0, 0.1) is 0 Å². The van der Waals surface area contributed by atoms with Gasteiger partial charge in [-0.2, -0.15) is 4.99 Å². The topological polar surface area (TPSA) is 84.4 Å². The van der Waals surface area contributed by atoms with Crippen LogP contribution in [0.15, 0.2) is 70.7 Å². The molecule has 0 fully saturated rings. The number of benzene rings is 2. The second-order valence-corrected chi connectivity index (χ2v) is 4.95. The number of aliphatic imine (C=N–C) groups is 1. The Morgan fingerprint density at radius 2 is 2.00 bits per heavy atom. The minimum Gasteiger partial charge on any atom is -0.489 e. The average molecular weight is 319 g/mol. The number of rotatable bonds is 5. The van der Waals surface area contributed by atoms with Crippen LogP contribution in [-0.2, 0) is 11.4 Å². The van der Waals surface area contributed by atoms with Crippen molar-refractivity contribution in [2.24, 2.45) is 4.99 Å². The Morgan fingerprint density at radius 1 is 1.17 bits per heavy atom. The van der Waals surface area contributed by atoms with E-state index in [9.17, 15) is 9.59 Å². The van der Waals surface area contributed by atoms with Gasteiger partial charge in [0.05, 0.1) is 17.6 Å². The maximum Gasteiger partial charge on any atom is 0.266 e. The predicted octanol–water partition coefficient (Wildman–Crippen LogP) is 2.98. The Bertz CT molecular complexity index is 925. The smallest absolute Gasteiger partial charge is 0.266 e. The first-order valence-corrected chi connectivity index (χ1v) is 7.20. The Balaban J connectivity index is 1.88. The predicted molar refractivity (Wildman–Crippen MR) is 88.8 cm³/mol. The van der Waals surface area contributed by atoms with Crippen LogP contribution >= 0.6 is 0 Å². The molecular weight excluding hydrogens is 306 g/mol. The number of carbonyl (C=O) groups excluding carboxylic acids is 1. The van der Waals surface area contributed by atoms with Crippen LogP contribution in [0.3, 0.4) is 0 Å². The fourth-order valence-corrected chi connectivity index (χ4v) is 2.19. The lowest BCUT2D eigenvalue weighted by atomic mass is 10.1. The molecule has 2 aromatic carbocycles. The summed E-state index contributed by atoms with van der Waals surface area (Å²) in [5.41, 5.74) is 2.20. The zero-order chi connectivity index (χ0) is 16.8. The molecule has 0 bridgehead atoms. The van der Waals surface area contributed by atoms with Gasteiger partial charge in [-0.05, 0) is 17.7 Å². The molecule has 0 amide bonds. The van der Waals surface area contributed by atoms with E-state index < -0.39 is 0 Å². The van der Waals surface area contributed by atoms with Crippen molar-refractivity contribution in [1.82, 2.24) is 9.97 Å². The molecule has 3 aromatic rings. The van der Waals surface area contributed by atoms with Gasteiger partial charge in [0.25, 0.3) is 5.56 Å². The van der Waals surface area contributed by atoms with Gasteiger partial charge in [0.2, 0.25) is 6.08 Å². The SMILES string of the molecule is O=C=Nc1cc(OCc2ccccc2)ccc1-c1c[nH]c(=O)cn1. The molecule has 0 aliphatic carbocycles. The number of hydrogen-bond acceptors (Lipinski definition) is 5. The molecule has 1 heterocycles. The molecule has 0 atom stereocenters. The summed E-state index contributed by atoms with van der Waals surface area (Å²) in [5, 5.41) is 0. The maximum absolute atomic E-state index is 11.1. The monoisotopic (exact) mass is 319 g/mol. The van der Waals surface area contributed by atoms with Crippen LogP contribution in [0.2, 0.25) is 0 Å². The van der Waals surface area contributed by atoms with Gasteiger partial charge < -0.3 is 9.72 Å². The van der Waals surface area contributed by atoms with Crippen molar-refractivity contribution >= 4 is 11.8 Å². The summed E-state index contributed by atoms with van der Waals surface area (Å²) in [5.74, 6) is 0.570. The second kappa shape index (κ2) is 7.17. The van der Waals surface area contributed by atoms with Crippen LogP contribution < -0.4 is 10.3 Å². The summed E-state index contributed by atoms with van der Waals surface area (Å²) >= 11 is 0. The normalized spacial score (nSPS) is 10.0. The molecular formula is C18H13N3O3. The molecule has 0 saturated heterocycles. The van der Waals surface area contributed by atoms with Gasteiger partial charge in [-0.15, -0.1) is 0 Å². The molecule has 3 rings (SSSR count). The van der Waals surface area contributed by atoms with Gasteiger partial charge in [0.1, 0.15) is 12.4 Å². The largest absolute Gasteiger partial charge is 0.489 e. The minimum atomic E-state index is -0.304. The van der Waals surface area contributed by atoms with Gasteiger partial charge in [-0.1, -0.05) is 30.3 Å². The number of nitrogens with zero attached hydrogens (tertiary/aromatic N) is 2. The van der Waals surface area contributed by atoms with Crippen LogP contribution in [0.1, 0.15) is 5.56 Å². The van der Waals surface area contributed by atoms with Crippen molar-refractivity contribution in [3.63, 3.8) is 0 Å². The van der Waals surface area contributed by atoms with Crippen molar-refractivity contribution in [3.8, 4) is 17.0 Å². The molecule has 1 N–H and O–H groups in total. The molecule has 0 aliphatic heterocycles. The Morgan fingerprint density at radius 3 is 2.71 bits per heavy atom. The first kappa shape index (κ1) is 15.4. The van der Waals surface area contributed by atoms with Gasteiger partial charge in [-0.3, -0.25) is 4.79 Å². The number of hydrogen-bond donors (Lipinski definition) is 1. The van der Waals surface area contributed by atoms with E-state index in [1.165, 1.54) is 18.5 Å². The highest BCUT2D eigenvalue weighted by Crippen LogP contribution is 2.32. The molecule has 6 nitrogen and oxygen atoms in total. The van der Waals surface area contributed by atoms with E-state index in [1.807, 2.05) is 30.3 Å². The van der Waals surface area contributed by atoms with Crippen molar-refractivity contribution in [1.29, 1.82) is 0 Å². The van der Waals surface area contributed by atoms with Crippen molar-refractivity contribution < 1.29 is 9.53 Å². The average Bonchev–Trinajstić information content (AvgIpc) is 2.62. The molecule has 1 aromatic heterocycles. The minimum absolute atomic E-state index is 0.304. The Kier molecular flexibility index (Phi) is 4.60. The van der Waals surface area contributed by atoms with E-state index in [2.05, 4.69) is 15.0 Å². The first-order valence-electron chi connectivity index (χ1n) is 7.20. The van der Waals surface area contributed by atoms with E-state index in [4.69, 9.17) is 4.74 Å². The summed E-state index contributed by atoms with van der Waals surface area (Å²) in [6.07, 6.45) is 4.16. The van der Waals surface area contributed by atoms with Crippen molar-refractivity contribution in [2.45, 2.75) is 6.61 Å². The van der Waals surface area contributed by atoms with Crippen LogP contribution in [0.4, 0.5) is 5.69 Å². The lowest BCUT2D eigenvalue weighted by Crippen LogP contribution is -2.04. The highest BCUT2D eigenvalue weighted by molar-refractivity contribution is 5.75. The zero-order valence-electron chi connectivity index (χ0n) is 12.6. The highest BCUT2D eigenvalue weighted by atomic mass is 16.5. The van der Waals surface area contributed by atoms with Gasteiger partial charge in [0, 0.05) is 17.8 Å². The number of ether oxygens (including phenoxy) is 1. The van der Waals surface area contributed by atoms with E-state index in [-0.39, 0.29) is 5.56 Å². The maximum atomic E-state index is 11.1. The summed E-state index contributed by atoms with van der Waals surface area (Å²) < 4.78 is 5.72. The Labute approximate surface area is 137 Å². The third-order valence-electron chi connectivity index (χ3n) is 3.33. The standard InChI is InChI=1S/C18H13N3O3/c22-12-21-16-8-14(24-11-13-4-2-1-3-5-13)6-7-15(16)17-9-20-18(23)10-19-17/h1-10H,11H2,(H,20,23). The highest BCUT2D eigenvalue weighted by Gasteiger charge is 2.08. The second-order valence-electron chi connectivity index (χ2n) is 4.95. The van der Waals surface area contributed by atoms with Gasteiger partial charge >= 0.3 is 0 Å². The quantitative estimate of drug-likeness (QED) is 0.579. The summed E-state index contributed by atoms with van der Waals surface area (Å²) in [7, 11) is 0. The molecule has 6 heteroatoms. The molecule has 24 heavy (non-hydrogen) atoms. The number of aromatic nitrogens is 2. The van der Waals surface area contributed by atoms with Crippen molar-refractivity contribution in [3.05, 3.63) is 76.8 Å². The fourth-order valence-electron chi connectivity index (χ4n) is 2.19. The molecule has 0 radical (unpaired) electrons. The van der Waals surface area contributed by atoms with Gasteiger partial charge in [-0.25, -0.2) is 9.78 Å². The zero-order valence-corrected chi connectivity index (χ0v) is 12.6. The number of H-pyrrole nitrogens is 1. The van der Waals surface area contributed by atoms with E-state index in [0.29, 0.717) is 29.3 Å². The van der Waals surface area contributed by atoms with E-state index >= 15 is 0 Å². The van der Waals surface area contributed by atoms with E-state index in [0.717, 1.165) is 5.56 Å². The molecule has 0 saturated carbocycles. The van der Waals surface area contributed by atoms with Crippen LogP contribution in [0.5, 0.6) is 5.75 Å². The lowest BCUT2D eigenvalue weighted by Gasteiger charge is -2.09. The van der Waals surface area contributed by atoms with E-state index in [1.54, 1.807) is 18.2 Å². The fraction of sp³-hybridized carbons (Fsp3) is 0.0556. The third kappa shape index (κ3) is 3.63. The first-order chi connectivity index (χ1) is 11.8. The number of isocyanates is 1. The lowest BCUT2D eigenvalue weighted by molar-refractivity contribution is 0.306. The summed E-state index contributed by atoms with van der Waals surface area (Å²) in [6.45, 7) is 0.404. The summed E-state index contributed by atoms with van der Waals surface area (Å²) in [6, 6.07) is 14.9. The Hall–Kier alpha value is -3.50. The number of nitrogens with one attached hydrogen (secondary N) is 1. The van der Waals surface area contributed by atoms with Crippen LogP contribution in [-0.4, -0.2) is 16.0 Å². The third-order valence-corrected chi connectivity index (χ3v) is 3.33. The molecule has 0 unspecified atom stereocenters.